The molecule has 0 aliphatic heterocycles. The molecule has 0 fully saturated rings. The van der Waals surface area contributed by atoms with Gasteiger partial charge in [-0.3, -0.25) is 4.90 Å². The van der Waals surface area contributed by atoms with E-state index in [1.54, 1.807) is 0 Å². The van der Waals surface area contributed by atoms with Gasteiger partial charge in [-0.05, 0) is 51.8 Å². The molecule has 0 aliphatic rings. The Balaban J connectivity index is 2.41. The Morgan fingerprint density at radius 2 is 1.67 bits per heavy atom. The first-order valence-corrected chi connectivity index (χ1v) is 8.45. The highest BCUT2D eigenvalue weighted by Crippen LogP contribution is 2.13. The van der Waals surface area contributed by atoms with Crippen LogP contribution in [0.2, 0.25) is 0 Å². The molecule has 21 heavy (non-hydrogen) atoms. The van der Waals surface area contributed by atoms with Gasteiger partial charge in [-0.25, -0.2) is 0 Å². The number of nitrogens with zero attached hydrogens (tertiary/aromatic N) is 2. The zero-order chi connectivity index (χ0) is 15.5. The van der Waals surface area contributed by atoms with Crippen molar-refractivity contribution in [1.82, 2.24) is 15.1 Å². The summed E-state index contributed by atoms with van der Waals surface area (Å²) in [6.07, 6.45) is 3.04. The fraction of sp³-hybridized carbons (Fsp3) is 0.765. The Morgan fingerprint density at radius 3 is 2.29 bits per heavy atom. The van der Waals surface area contributed by atoms with Crippen LogP contribution in [0.5, 0.6) is 0 Å². The van der Waals surface area contributed by atoms with Crippen LogP contribution in [0.3, 0.4) is 0 Å². The highest BCUT2D eigenvalue weighted by Gasteiger charge is 2.10. The molecule has 1 heterocycles. The first-order chi connectivity index (χ1) is 10.2. The molecular weight excluding hydrogens is 262 g/mol. The average molecular weight is 295 g/mol. The fourth-order valence-corrected chi connectivity index (χ4v) is 2.55. The van der Waals surface area contributed by atoms with E-state index >= 15 is 0 Å². The summed E-state index contributed by atoms with van der Waals surface area (Å²) in [5.74, 6) is 1.08. The van der Waals surface area contributed by atoms with Crippen LogP contribution in [0.25, 0.3) is 0 Å². The second-order valence-corrected chi connectivity index (χ2v) is 5.40. The summed E-state index contributed by atoms with van der Waals surface area (Å²) < 4.78 is 5.59. The van der Waals surface area contributed by atoms with Gasteiger partial charge in [-0.15, -0.1) is 0 Å². The lowest BCUT2D eigenvalue weighted by Crippen LogP contribution is -2.30. The van der Waals surface area contributed by atoms with Gasteiger partial charge in [-0.2, -0.15) is 0 Å². The minimum absolute atomic E-state index is 0.829. The van der Waals surface area contributed by atoms with Gasteiger partial charge in [0.15, 0.2) is 0 Å². The quantitative estimate of drug-likeness (QED) is 0.642. The molecule has 1 N–H and O–H groups in total. The lowest BCUT2D eigenvalue weighted by molar-refractivity contribution is 0.237. The third-order valence-corrected chi connectivity index (χ3v) is 4.06. The maximum Gasteiger partial charge on any atom is 0.122 e. The van der Waals surface area contributed by atoms with Gasteiger partial charge in [0.1, 0.15) is 5.76 Å². The van der Waals surface area contributed by atoms with Gasteiger partial charge in [0.05, 0.1) is 12.8 Å². The molecule has 4 heteroatoms. The molecule has 122 valence electrons. The second kappa shape index (κ2) is 10.8. The predicted octanol–water partition coefficient (Wildman–Crippen LogP) is 2.94. The van der Waals surface area contributed by atoms with Crippen LogP contribution in [-0.2, 0) is 13.1 Å². The third kappa shape index (κ3) is 6.64. The zero-order valence-electron chi connectivity index (χ0n) is 14.3. The first kappa shape index (κ1) is 18.2. The maximum absolute atomic E-state index is 5.59. The molecule has 0 bridgehead atoms. The largest absolute Gasteiger partial charge is 0.468 e. The Labute approximate surface area is 130 Å². The van der Waals surface area contributed by atoms with Gasteiger partial charge in [0, 0.05) is 12.1 Å². The number of rotatable bonds is 12. The van der Waals surface area contributed by atoms with E-state index in [-0.39, 0.29) is 0 Å². The molecule has 0 saturated carbocycles. The van der Waals surface area contributed by atoms with E-state index in [0.29, 0.717) is 0 Å². The van der Waals surface area contributed by atoms with Crippen LogP contribution in [0.4, 0.5) is 0 Å². The van der Waals surface area contributed by atoms with E-state index in [0.717, 1.165) is 51.6 Å². The molecule has 0 saturated heterocycles. The molecule has 0 aromatic carbocycles. The summed E-state index contributed by atoms with van der Waals surface area (Å²) >= 11 is 0. The topological polar surface area (TPSA) is 31.7 Å². The second-order valence-electron chi connectivity index (χ2n) is 5.40. The molecular formula is C17H33N3O. The normalized spacial score (nSPS) is 11.7. The summed E-state index contributed by atoms with van der Waals surface area (Å²) in [4.78, 5) is 4.99. The fourth-order valence-electron chi connectivity index (χ4n) is 2.55. The lowest BCUT2D eigenvalue weighted by Gasteiger charge is -2.23. The maximum atomic E-state index is 5.59. The highest BCUT2D eigenvalue weighted by molar-refractivity contribution is 5.16. The summed E-state index contributed by atoms with van der Waals surface area (Å²) in [7, 11) is 0. The van der Waals surface area contributed by atoms with E-state index < -0.39 is 0 Å². The Kier molecular flexibility index (Phi) is 9.39. The number of nitrogens with one attached hydrogen (secondary N) is 1. The third-order valence-electron chi connectivity index (χ3n) is 4.06. The number of hydrogen-bond donors (Lipinski definition) is 1. The van der Waals surface area contributed by atoms with Crippen molar-refractivity contribution >= 4 is 0 Å². The average Bonchev–Trinajstić information content (AvgIpc) is 2.95. The van der Waals surface area contributed by atoms with E-state index in [2.05, 4.69) is 48.9 Å². The molecule has 1 aromatic heterocycles. The van der Waals surface area contributed by atoms with E-state index in [1.165, 1.54) is 18.5 Å². The molecule has 0 aliphatic carbocycles. The van der Waals surface area contributed by atoms with Crippen LogP contribution >= 0.6 is 0 Å². The summed E-state index contributed by atoms with van der Waals surface area (Å²) in [5.41, 5.74) is 1.32. The van der Waals surface area contributed by atoms with Crippen LogP contribution in [0.15, 0.2) is 16.7 Å². The predicted molar refractivity (Wildman–Crippen MR) is 89.4 cm³/mol. The first-order valence-electron chi connectivity index (χ1n) is 8.45. The van der Waals surface area contributed by atoms with Crippen molar-refractivity contribution in [2.75, 3.05) is 39.3 Å². The highest BCUT2D eigenvalue weighted by atomic mass is 16.3. The van der Waals surface area contributed by atoms with Crippen LogP contribution in [0.1, 0.15) is 45.4 Å². The van der Waals surface area contributed by atoms with Crippen LogP contribution in [0, 0.1) is 0 Å². The standard InChI is InChI=1S/C17H33N3O/c1-5-18-14-17-16(10-13-21-17)15-20(8-4)12-9-11-19(6-2)7-3/h10,13,18H,5-9,11-12,14-15H2,1-4H3. The number of hydrogen-bond acceptors (Lipinski definition) is 4. The molecule has 0 amide bonds. The van der Waals surface area contributed by atoms with Gasteiger partial charge in [0.25, 0.3) is 0 Å². The van der Waals surface area contributed by atoms with Crippen molar-refractivity contribution in [2.24, 2.45) is 0 Å². The van der Waals surface area contributed by atoms with Gasteiger partial charge < -0.3 is 14.6 Å². The van der Waals surface area contributed by atoms with E-state index in [9.17, 15) is 0 Å². The summed E-state index contributed by atoms with van der Waals surface area (Å²) in [6.45, 7) is 17.4. The Bertz CT molecular complexity index is 361. The summed E-state index contributed by atoms with van der Waals surface area (Å²) in [6, 6.07) is 2.11. The van der Waals surface area contributed by atoms with Crippen molar-refractivity contribution in [3.8, 4) is 0 Å². The monoisotopic (exact) mass is 295 g/mol. The van der Waals surface area contributed by atoms with Crippen molar-refractivity contribution in [3.05, 3.63) is 23.7 Å². The van der Waals surface area contributed by atoms with E-state index in [1.807, 2.05) is 6.26 Å². The van der Waals surface area contributed by atoms with Gasteiger partial charge >= 0.3 is 0 Å². The molecule has 0 radical (unpaired) electrons. The number of furan rings is 1. The molecule has 0 atom stereocenters. The van der Waals surface area contributed by atoms with E-state index in [4.69, 9.17) is 4.42 Å². The van der Waals surface area contributed by atoms with Crippen LogP contribution < -0.4 is 5.32 Å². The van der Waals surface area contributed by atoms with Gasteiger partial charge in [-0.1, -0.05) is 27.7 Å². The zero-order valence-corrected chi connectivity index (χ0v) is 14.3. The Morgan fingerprint density at radius 1 is 1.00 bits per heavy atom. The van der Waals surface area contributed by atoms with Crippen molar-refractivity contribution in [2.45, 2.75) is 47.2 Å². The minimum atomic E-state index is 0.829. The molecule has 4 nitrogen and oxygen atoms in total. The SMILES string of the molecule is CCNCc1occc1CN(CC)CCCN(CC)CC. The smallest absolute Gasteiger partial charge is 0.122 e. The Hall–Kier alpha value is -0.840. The van der Waals surface area contributed by atoms with Crippen molar-refractivity contribution < 1.29 is 4.42 Å². The van der Waals surface area contributed by atoms with Crippen LogP contribution in [-0.4, -0.2) is 49.1 Å². The molecule has 0 unspecified atom stereocenters. The van der Waals surface area contributed by atoms with Crippen molar-refractivity contribution in [1.29, 1.82) is 0 Å². The lowest BCUT2D eigenvalue weighted by atomic mass is 10.2. The molecule has 1 rings (SSSR count). The molecule has 1 aromatic rings. The minimum Gasteiger partial charge on any atom is -0.468 e. The van der Waals surface area contributed by atoms with Crippen molar-refractivity contribution in [3.63, 3.8) is 0 Å². The summed E-state index contributed by atoms with van der Waals surface area (Å²) in [5, 5.41) is 3.34. The van der Waals surface area contributed by atoms with Gasteiger partial charge in [0.2, 0.25) is 0 Å². The molecule has 0 spiro atoms.